The fourth-order valence-electron chi connectivity index (χ4n) is 5.21. The maximum Gasteiger partial charge on any atom is 0.419 e. The number of pyridine rings is 1. The van der Waals surface area contributed by atoms with E-state index >= 15 is 0 Å². The molecule has 2 aromatic rings. The average molecular weight is 525 g/mol. The predicted molar refractivity (Wildman–Crippen MR) is 142 cm³/mol. The third-order valence-corrected chi connectivity index (χ3v) is 7.27. The molecule has 206 valence electrons. The van der Waals surface area contributed by atoms with Gasteiger partial charge in [0.05, 0.1) is 29.2 Å². The summed E-state index contributed by atoms with van der Waals surface area (Å²) in [6, 6.07) is 4.32. The number of aliphatic hydroxyl groups excluding tert-OH is 1. The van der Waals surface area contributed by atoms with Crippen LogP contribution in [0.5, 0.6) is 0 Å². The molecule has 9 nitrogen and oxygen atoms in total. The van der Waals surface area contributed by atoms with E-state index in [0.29, 0.717) is 5.92 Å². The molecule has 1 atom stereocenters. The van der Waals surface area contributed by atoms with E-state index < -0.39 is 29.5 Å². The lowest BCUT2D eigenvalue weighted by Crippen LogP contribution is -2.47. The van der Waals surface area contributed by atoms with Gasteiger partial charge in [-0.15, -0.1) is 0 Å². The number of aryl methyl sites for hydroxylation is 1. The summed E-state index contributed by atoms with van der Waals surface area (Å²) < 4.78 is 13.0. The minimum Gasteiger partial charge on any atom is -0.443 e. The van der Waals surface area contributed by atoms with E-state index in [2.05, 4.69) is 12.3 Å². The zero-order chi connectivity index (χ0) is 27.4. The monoisotopic (exact) mass is 524 g/mol. The van der Waals surface area contributed by atoms with Gasteiger partial charge < -0.3 is 14.6 Å². The zero-order valence-corrected chi connectivity index (χ0v) is 23.4. The molecular formula is C29H40N4O5. The molecule has 0 aliphatic heterocycles. The first-order valence-electron chi connectivity index (χ1n) is 13.8. The number of hydrogen-bond acceptors (Lipinski definition) is 7. The molecule has 2 fully saturated rings. The van der Waals surface area contributed by atoms with E-state index in [1.165, 1.54) is 0 Å². The molecule has 0 aromatic carbocycles. The van der Waals surface area contributed by atoms with Crippen molar-refractivity contribution in [3.05, 3.63) is 35.3 Å². The van der Waals surface area contributed by atoms with Crippen LogP contribution in [0.4, 0.5) is 9.59 Å². The Morgan fingerprint density at radius 1 is 1.00 bits per heavy atom. The molecule has 2 amide bonds. The zero-order valence-electron chi connectivity index (χ0n) is 23.4. The highest BCUT2D eigenvalue weighted by Crippen LogP contribution is 2.46. The summed E-state index contributed by atoms with van der Waals surface area (Å²) in [4.78, 5) is 31.7. The maximum absolute atomic E-state index is 12.9. The van der Waals surface area contributed by atoms with Crippen molar-refractivity contribution in [2.45, 2.75) is 109 Å². The number of rotatable bonds is 5. The van der Waals surface area contributed by atoms with Gasteiger partial charge in [0.1, 0.15) is 11.2 Å². The van der Waals surface area contributed by atoms with Crippen LogP contribution in [-0.4, -0.2) is 54.7 Å². The van der Waals surface area contributed by atoms with Gasteiger partial charge in [-0.25, -0.2) is 19.5 Å². The number of ether oxygens (including phenoxy) is 2. The molecule has 0 saturated heterocycles. The van der Waals surface area contributed by atoms with Crippen LogP contribution in [-0.2, 0) is 15.9 Å². The summed E-state index contributed by atoms with van der Waals surface area (Å²) in [5, 5.41) is 15.3. The number of amides is 2. The van der Waals surface area contributed by atoms with E-state index in [4.69, 9.17) is 19.6 Å². The largest absolute Gasteiger partial charge is 0.443 e. The Balaban J connectivity index is 1.29. The summed E-state index contributed by atoms with van der Waals surface area (Å²) in [5.74, 6) is 0.585. The first-order chi connectivity index (χ1) is 17.8. The lowest BCUT2D eigenvalue weighted by Gasteiger charge is -2.38. The lowest BCUT2D eigenvalue weighted by atomic mass is 9.80. The Morgan fingerprint density at radius 3 is 2.21 bits per heavy atom. The van der Waals surface area contributed by atoms with E-state index in [1.807, 2.05) is 10.7 Å². The Hall–Kier alpha value is -2.94. The van der Waals surface area contributed by atoms with Crippen LogP contribution < -0.4 is 0 Å². The topological polar surface area (TPSA) is 107 Å². The van der Waals surface area contributed by atoms with E-state index in [9.17, 15) is 14.7 Å². The summed E-state index contributed by atoms with van der Waals surface area (Å²) >= 11 is 0. The minimum absolute atomic E-state index is 0.130. The second kappa shape index (κ2) is 9.67. The summed E-state index contributed by atoms with van der Waals surface area (Å²) in [6.07, 6.45) is 5.68. The second-order valence-corrected chi connectivity index (χ2v) is 13.0. The first-order valence-corrected chi connectivity index (χ1v) is 13.8. The Morgan fingerprint density at radius 2 is 1.63 bits per heavy atom. The van der Waals surface area contributed by atoms with Crippen molar-refractivity contribution >= 4 is 12.2 Å². The molecule has 3 aliphatic rings. The quantitative estimate of drug-likeness (QED) is 0.517. The molecule has 5 rings (SSSR count). The molecule has 0 radical (unpaired) electrons. The van der Waals surface area contributed by atoms with E-state index in [0.717, 1.165) is 71.6 Å². The number of fused-ring (bicyclic) bond motifs is 1. The number of carbonyl (C=O) groups is 2. The third kappa shape index (κ3) is 5.87. The minimum atomic E-state index is -0.716. The van der Waals surface area contributed by atoms with Crippen molar-refractivity contribution in [3.8, 4) is 11.3 Å². The first kappa shape index (κ1) is 26.7. The van der Waals surface area contributed by atoms with Crippen LogP contribution in [0.1, 0.15) is 109 Å². The summed E-state index contributed by atoms with van der Waals surface area (Å²) in [6.45, 7) is 10.9. The molecule has 1 N–H and O–H groups in total. The SMILES string of the molecule is CC(C)(C)OC(=O)N(CC1CC(n2cc(-c3ccc4c(n3)C(O)CC4)c(C3CC3)n2)C1)C(=O)OC(C)(C)C. The normalized spacial score (nSPS) is 23.0. The number of hydrogen-bond donors (Lipinski definition) is 1. The molecule has 0 spiro atoms. The van der Waals surface area contributed by atoms with Gasteiger partial charge in [0.2, 0.25) is 0 Å². The standard InChI is InChI=1S/C29H40N4O5/c1-28(2,3)37-26(35)32(27(36)38-29(4,5)6)15-17-13-20(14-17)33-16-21(24(31-33)18-7-8-18)22-11-9-19-10-12-23(34)25(19)30-22/h9,11,16-18,20,23,34H,7-8,10,12-15H2,1-6H3. The van der Waals surface area contributed by atoms with E-state index in [1.54, 1.807) is 41.5 Å². The van der Waals surface area contributed by atoms with Crippen LogP contribution in [0.15, 0.2) is 18.3 Å². The van der Waals surface area contributed by atoms with Gasteiger partial charge in [0.15, 0.2) is 0 Å². The second-order valence-electron chi connectivity index (χ2n) is 13.0. The Bertz CT molecular complexity index is 1190. The molecule has 2 heterocycles. The molecule has 38 heavy (non-hydrogen) atoms. The van der Waals surface area contributed by atoms with Crippen LogP contribution in [0, 0.1) is 5.92 Å². The van der Waals surface area contributed by atoms with Gasteiger partial charge in [-0.05, 0) is 97.6 Å². The maximum atomic E-state index is 12.9. The van der Waals surface area contributed by atoms with Crippen LogP contribution >= 0.6 is 0 Å². The van der Waals surface area contributed by atoms with Crippen LogP contribution in [0.2, 0.25) is 0 Å². The highest BCUT2D eigenvalue weighted by molar-refractivity contribution is 5.88. The van der Waals surface area contributed by atoms with Crippen LogP contribution in [0.3, 0.4) is 0 Å². The molecule has 2 aromatic heterocycles. The van der Waals surface area contributed by atoms with Gasteiger partial charge in [-0.2, -0.15) is 5.10 Å². The number of imide groups is 1. The van der Waals surface area contributed by atoms with Gasteiger partial charge in [0.25, 0.3) is 0 Å². The van der Waals surface area contributed by atoms with Crippen molar-refractivity contribution in [3.63, 3.8) is 0 Å². The van der Waals surface area contributed by atoms with Crippen molar-refractivity contribution in [2.75, 3.05) is 6.54 Å². The number of aliphatic hydroxyl groups is 1. The Labute approximate surface area is 224 Å². The molecule has 1 unspecified atom stereocenters. The molecular weight excluding hydrogens is 484 g/mol. The molecule has 3 aliphatic carbocycles. The Kier molecular flexibility index (Phi) is 6.78. The molecule has 0 bridgehead atoms. The fraction of sp³-hybridized carbons (Fsp3) is 0.655. The third-order valence-electron chi connectivity index (χ3n) is 7.27. The smallest absolute Gasteiger partial charge is 0.419 e. The average Bonchev–Trinajstić information content (AvgIpc) is 3.42. The summed E-state index contributed by atoms with van der Waals surface area (Å²) in [7, 11) is 0. The van der Waals surface area contributed by atoms with Gasteiger partial charge in [-0.1, -0.05) is 6.07 Å². The number of aromatic nitrogens is 3. The fourth-order valence-corrected chi connectivity index (χ4v) is 5.21. The molecule has 9 heteroatoms. The van der Waals surface area contributed by atoms with Crippen molar-refractivity contribution in [2.24, 2.45) is 5.92 Å². The number of nitrogens with zero attached hydrogens (tertiary/aromatic N) is 4. The molecule has 2 saturated carbocycles. The van der Waals surface area contributed by atoms with Crippen LogP contribution in [0.25, 0.3) is 11.3 Å². The van der Waals surface area contributed by atoms with Gasteiger partial charge in [-0.3, -0.25) is 4.68 Å². The number of carbonyl (C=O) groups excluding carboxylic acids is 2. The van der Waals surface area contributed by atoms with Gasteiger partial charge in [0, 0.05) is 24.2 Å². The highest BCUT2D eigenvalue weighted by Gasteiger charge is 2.40. The summed E-state index contributed by atoms with van der Waals surface area (Å²) in [5.41, 5.74) is 3.49. The predicted octanol–water partition coefficient (Wildman–Crippen LogP) is 5.93. The van der Waals surface area contributed by atoms with E-state index in [-0.39, 0.29) is 18.5 Å². The van der Waals surface area contributed by atoms with Crippen molar-refractivity contribution < 1.29 is 24.2 Å². The lowest BCUT2D eigenvalue weighted by molar-refractivity contribution is -0.00642. The van der Waals surface area contributed by atoms with Gasteiger partial charge >= 0.3 is 12.2 Å². The van der Waals surface area contributed by atoms with Crippen molar-refractivity contribution in [1.29, 1.82) is 0 Å². The highest BCUT2D eigenvalue weighted by atomic mass is 16.6. The van der Waals surface area contributed by atoms with Crippen molar-refractivity contribution in [1.82, 2.24) is 19.7 Å².